The van der Waals surface area contributed by atoms with Gasteiger partial charge >= 0.3 is 5.97 Å². The van der Waals surface area contributed by atoms with Crippen LogP contribution in [0.5, 0.6) is 5.75 Å². The maximum Gasteiger partial charge on any atom is 0.347 e. The van der Waals surface area contributed by atoms with Crippen molar-refractivity contribution in [2.45, 2.75) is 37.0 Å². The van der Waals surface area contributed by atoms with Gasteiger partial charge in [0.05, 0.1) is 28.5 Å². The molecule has 2 N–H and O–H groups in total. The topological polar surface area (TPSA) is 88.1 Å². The number of amides is 1. The first kappa shape index (κ1) is 26.6. The van der Waals surface area contributed by atoms with E-state index in [1.165, 1.54) is 25.6 Å². The van der Waals surface area contributed by atoms with Crippen molar-refractivity contribution in [2.24, 2.45) is 0 Å². The Morgan fingerprint density at radius 1 is 1.21 bits per heavy atom. The number of carbonyl (C=O) groups is 2. The number of benzene rings is 2. The molecule has 0 aromatic heterocycles. The lowest BCUT2D eigenvalue weighted by Gasteiger charge is -2.33. The Labute approximate surface area is 213 Å². The molecule has 1 fully saturated rings. The summed E-state index contributed by atoms with van der Waals surface area (Å²) in [5, 5.41) is 13.2. The Morgan fingerprint density at radius 3 is 2.62 bits per heavy atom. The van der Waals surface area contributed by atoms with Gasteiger partial charge in [-0.05, 0) is 55.8 Å². The normalized spacial score (nSPS) is 16.8. The van der Waals surface area contributed by atoms with E-state index in [1.807, 2.05) is 12.1 Å². The summed E-state index contributed by atoms with van der Waals surface area (Å²) in [6.07, 6.45) is -0.0838. The van der Waals surface area contributed by atoms with E-state index in [-0.39, 0.29) is 17.8 Å². The van der Waals surface area contributed by atoms with Gasteiger partial charge in [-0.25, -0.2) is 4.79 Å². The predicted molar refractivity (Wildman–Crippen MR) is 134 cm³/mol. The Morgan fingerprint density at radius 2 is 1.94 bits per heavy atom. The molecule has 2 aromatic rings. The van der Waals surface area contributed by atoms with Gasteiger partial charge < -0.3 is 19.9 Å². The molecule has 2 aromatic carbocycles. The van der Waals surface area contributed by atoms with Gasteiger partial charge in [-0.2, -0.15) is 0 Å². The van der Waals surface area contributed by atoms with E-state index in [0.717, 1.165) is 23.5 Å². The number of ether oxygens (including phenoxy) is 2. The minimum atomic E-state index is -1.31. The number of carbonyl (C=O) groups excluding carboxylic acids is 1. The monoisotopic (exact) mass is 526 g/mol. The number of morpholine rings is 1. The largest absolute Gasteiger partial charge is 0.478 e. The van der Waals surface area contributed by atoms with Crippen molar-refractivity contribution in [1.82, 2.24) is 10.2 Å². The summed E-state index contributed by atoms with van der Waals surface area (Å²) in [5.74, 6) is -0.397. The highest BCUT2D eigenvalue weighted by Crippen LogP contribution is 2.25. The van der Waals surface area contributed by atoms with Gasteiger partial charge in [0.15, 0.2) is 5.60 Å². The number of rotatable bonds is 10. The fourth-order valence-electron chi connectivity index (χ4n) is 3.31. The number of nitrogens with zero attached hydrogens (tertiary/aromatic N) is 1. The molecule has 1 saturated heterocycles. The van der Waals surface area contributed by atoms with Gasteiger partial charge in [0.1, 0.15) is 5.75 Å². The van der Waals surface area contributed by atoms with Crippen LogP contribution in [0.4, 0.5) is 0 Å². The number of nitrogens with one attached hydrogen (secondary N) is 1. The SMILES string of the molecule is CC(C)(Oc1ccc(SCC(=O)NC[C@H]2CN(Cc3ccc(Cl)c(Cl)c3)CCO2)cc1)C(=O)O. The molecule has 184 valence electrons. The van der Waals surface area contributed by atoms with Gasteiger partial charge in [-0.15, -0.1) is 11.8 Å². The number of carboxylic acids is 1. The smallest absolute Gasteiger partial charge is 0.347 e. The van der Waals surface area contributed by atoms with Gasteiger partial charge in [-0.3, -0.25) is 9.69 Å². The molecule has 7 nitrogen and oxygen atoms in total. The summed E-state index contributed by atoms with van der Waals surface area (Å²) in [6, 6.07) is 12.6. The standard InChI is InChI=1S/C24H28Cl2N2O5S/c1-24(2,23(30)31)33-17-4-6-19(7-5-17)34-15-22(29)27-12-18-14-28(9-10-32-18)13-16-3-8-20(25)21(26)11-16/h3-8,11,18H,9-10,12-15H2,1-2H3,(H,27,29)(H,30,31)/t18-/m0/s1. The molecular weight excluding hydrogens is 499 g/mol. The Bertz CT molecular complexity index is 1000. The van der Waals surface area contributed by atoms with Crippen molar-refractivity contribution in [3.63, 3.8) is 0 Å². The highest BCUT2D eigenvalue weighted by molar-refractivity contribution is 8.00. The Hall–Kier alpha value is -1.97. The fraction of sp³-hybridized carbons (Fsp3) is 0.417. The minimum absolute atomic E-state index is 0.0810. The molecule has 1 heterocycles. The number of aliphatic carboxylic acids is 1. The summed E-state index contributed by atoms with van der Waals surface area (Å²) < 4.78 is 11.3. The second-order valence-electron chi connectivity index (χ2n) is 8.46. The minimum Gasteiger partial charge on any atom is -0.478 e. The van der Waals surface area contributed by atoms with Crippen molar-refractivity contribution in [3.8, 4) is 5.75 Å². The molecule has 1 aliphatic rings. The number of hydrogen-bond acceptors (Lipinski definition) is 6. The Kier molecular flexibility index (Phi) is 9.50. The number of carboxylic acid groups (broad SMARTS) is 1. The molecule has 10 heteroatoms. The highest BCUT2D eigenvalue weighted by atomic mass is 35.5. The molecule has 0 unspecified atom stereocenters. The van der Waals surface area contributed by atoms with Crippen molar-refractivity contribution in [1.29, 1.82) is 0 Å². The maximum atomic E-state index is 12.3. The van der Waals surface area contributed by atoms with E-state index >= 15 is 0 Å². The summed E-state index contributed by atoms with van der Waals surface area (Å²) in [7, 11) is 0. The van der Waals surface area contributed by atoms with E-state index in [9.17, 15) is 9.59 Å². The van der Waals surface area contributed by atoms with Crippen LogP contribution in [-0.2, 0) is 20.9 Å². The molecule has 3 rings (SSSR count). The second-order valence-corrected chi connectivity index (χ2v) is 10.3. The van der Waals surface area contributed by atoms with Gasteiger partial charge in [0.25, 0.3) is 0 Å². The average molecular weight is 527 g/mol. The zero-order valence-corrected chi connectivity index (χ0v) is 21.4. The van der Waals surface area contributed by atoms with E-state index in [1.54, 1.807) is 30.3 Å². The number of hydrogen-bond donors (Lipinski definition) is 2. The lowest BCUT2D eigenvalue weighted by molar-refractivity contribution is -0.152. The fourth-order valence-corrected chi connectivity index (χ4v) is 4.36. The van der Waals surface area contributed by atoms with Crippen molar-refractivity contribution in [3.05, 3.63) is 58.1 Å². The first-order valence-electron chi connectivity index (χ1n) is 10.8. The van der Waals surface area contributed by atoms with Gasteiger partial charge in [-0.1, -0.05) is 29.3 Å². The van der Waals surface area contributed by atoms with Crippen LogP contribution in [0.15, 0.2) is 47.4 Å². The Balaban J connectivity index is 1.39. The predicted octanol–water partition coefficient (Wildman–Crippen LogP) is 4.34. The molecule has 0 aliphatic carbocycles. The van der Waals surface area contributed by atoms with Gasteiger partial charge in [0.2, 0.25) is 5.91 Å². The molecular formula is C24H28Cl2N2O5S. The van der Waals surface area contributed by atoms with Crippen LogP contribution in [0.1, 0.15) is 19.4 Å². The van der Waals surface area contributed by atoms with Crippen LogP contribution >= 0.6 is 35.0 Å². The van der Waals surface area contributed by atoms with Crippen LogP contribution in [0.3, 0.4) is 0 Å². The summed E-state index contributed by atoms with van der Waals surface area (Å²) >= 11 is 13.5. The van der Waals surface area contributed by atoms with Crippen LogP contribution in [0.2, 0.25) is 10.0 Å². The van der Waals surface area contributed by atoms with Crippen LogP contribution in [0, 0.1) is 0 Å². The molecule has 0 spiro atoms. The summed E-state index contributed by atoms with van der Waals surface area (Å²) in [6.45, 7) is 6.28. The molecule has 0 saturated carbocycles. The molecule has 0 bridgehead atoms. The van der Waals surface area contributed by atoms with E-state index in [0.29, 0.717) is 35.5 Å². The third kappa shape index (κ3) is 8.06. The second kappa shape index (κ2) is 12.1. The first-order chi connectivity index (χ1) is 16.1. The van der Waals surface area contributed by atoms with Crippen molar-refractivity contribution in [2.75, 3.05) is 32.0 Å². The zero-order valence-electron chi connectivity index (χ0n) is 19.1. The molecule has 34 heavy (non-hydrogen) atoms. The van der Waals surface area contributed by atoms with Crippen molar-refractivity contribution < 1.29 is 24.2 Å². The molecule has 1 amide bonds. The lowest BCUT2D eigenvalue weighted by atomic mass is 10.1. The summed E-state index contributed by atoms with van der Waals surface area (Å²) in [4.78, 5) is 26.6. The average Bonchev–Trinajstić information content (AvgIpc) is 2.79. The van der Waals surface area contributed by atoms with Crippen LogP contribution in [-0.4, -0.2) is 65.6 Å². The molecule has 0 radical (unpaired) electrons. The number of thioether (sulfide) groups is 1. The van der Waals surface area contributed by atoms with E-state index in [2.05, 4.69) is 10.2 Å². The van der Waals surface area contributed by atoms with Crippen LogP contribution < -0.4 is 10.1 Å². The number of halogens is 2. The molecule has 1 atom stereocenters. The van der Waals surface area contributed by atoms with Gasteiger partial charge in [0, 0.05) is 31.1 Å². The van der Waals surface area contributed by atoms with E-state index < -0.39 is 11.6 Å². The third-order valence-corrected chi connectivity index (χ3v) is 6.97. The van der Waals surface area contributed by atoms with Crippen molar-refractivity contribution >= 4 is 46.8 Å². The zero-order chi connectivity index (χ0) is 24.7. The van der Waals surface area contributed by atoms with E-state index in [4.69, 9.17) is 37.8 Å². The highest BCUT2D eigenvalue weighted by Gasteiger charge is 2.29. The third-order valence-electron chi connectivity index (χ3n) is 5.22. The molecule has 1 aliphatic heterocycles. The van der Waals surface area contributed by atoms with Crippen LogP contribution in [0.25, 0.3) is 0 Å². The lowest BCUT2D eigenvalue weighted by Crippen LogP contribution is -2.47. The summed E-state index contributed by atoms with van der Waals surface area (Å²) in [5.41, 5.74) is -0.230. The quantitative estimate of drug-likeness (QED) is 0.445. The maximum absolute atomic E-state index is 12.3. The first-order valence-corrected chi connectivity index (χ1v) is 12.6.